The molecule has 1 fully saturated rings. The van der Waals surface area contributed by atoms with Crippen molar-refractivity contribution in [1.82, 2.24) is 15.2 Å². The Kier molecular flexibility index (Phi) is 5.84. The summed E-state index contributed by atoms with van der Waals surface area (Å²) in [5.41, 5.74) is 2.67. The molecule has 30 heavy (non-hydrogen) atoms. The Morgan fingerprint density at radius 1 is 1.07 bits per heavy atom. The van der Waals surface area contributed by atoms with Crippen molar-refractivity contribution in [2.24, 2.45) is 5.92 Å². The molecule has 1 N–H and O–H groups in total. The highest BCUT2D eigenvalue weighted by Gasteiger charge is 2.28. The van der Waals surface area contributed by atoms with Crippen LogP contribution in [0.15, 0.2) is 72.9 Å². The van der Waals surface area contributed by atoms with E-state index in [4.69, 9.17) is 0 Å². The van der Waals surface area contributed by atoms with Gasteiger partial charge in [-0.05, 0) is 35.7 Å². The molecule has 0 bridgehead atoms. The van der Waals surface area contributed by atoms with Crippen LogP contribution in [0.3, 0.4) is 0 Å². The van der Waals surface area contributed by atoms with Crippen LogP contribution in [-0.2, 0) is 11.2 Å². The maximum atomic E-state index is 14.0. The first-order chi connectivity index (χ1) is 14.6. The van der Waals surface area contributed by atoms with Gasteiger partial charge in [0.15, 0.2) is 0 Å². The topological polar surface area (TPSA) is 62.3 Å². The second kappa shape index (κ2) is 8.86. The number of nitrogens with one attached hydrogen (secondary N) is 1. The molecule has 152 valence electrons. The molecule has 1 unspecified atom stereocenters. The fraction of sp³-hybridized carbons (Fsp3) is 0.208. The predicted octanol–water partition coefficient (Wildman–Crippen LogP) is 3.32. The highest BCUT2D eigenvalue weighted by molar-refractivity contribution is 5.93. The number of halogens is 1. The number of carbonyl (C=O) groups excluding carboxylic acids is 2. The Balaban J connectivity index is 1.49. The SMILES string of the molecule is O=C1NCCN(C(=O)c2ccccn2)CC1Cc1ccc(-c2ccccc2F)cc1. The predicted molar refractivity (Wildman–Crippen MR) is 112 cm³/mol. The van der Waals surface area contributed by atoms with Crippen LogP contribution in [-0.4, -0.2) is 41.3 Å². The zero-order chi connectivity index (χ0) is 20.9. The van der Waals surface area contributed by atoms with Crippen LogP contribution in [0.4, 0.5) is 4.39 Å². The summed E-state index contributed by atoms with van der Waals surface area (Å²) in [6.07, 6.45) is 2.08. The third kappa shape index (κ3) is 4.38. The Morgan fingerprint density at radius 2 is 1.83 bits per heavy atom. The van der Waals surface area contributed by atoms with Crippen LogP contribution in [0.25, 0.3) is 11.1 Å². The smallest absolute Gasteiger partial charge is 0.272 e. The van der Waals surface area contributed by atoms with Gasteiger partial charge in [0.05, 0.1) is 5.92 Å². The van der Waals surface area contributed by atoms with Crippen LogP contribution in [0.5, 0.6) is 0 Å². The molecule has 2 aromatic carbocycles. The Bertz CT molecular complexity index is 1040. The number of aromatic nitrogens is 1. The van der Waals surface area contributed by atoms with Gasteiger partial charge in [-0.25, -0.2) is 4.39 Å². The molecule has 3 aromatic rings. The number of amides is 2. The van der Waals surface area contributed by atoms with Gasteiger partial charge in [0.1, 0.15) is 11.5 Å². The van der Waals surface area contributed by atoms with Crippen molar-refractivity contribution in [3.05, 3.63) is 90.0 Å². The molecular formula is C24H22FN3O2. The normalized spacial score (nSPS) is 16.6. The maximum Gasteiger partial charge on any atom is 0.272 e. The molecule has 1 aliphatic heterocycles. The maximum absolute atomic E-state index is 14.0. The fourth-order valence-corrected chi connectivity index (χ4v) is 3.69. The van der Waals surface area contributed by atoms with Gasteiger partial charge in [-0.1, -0.05) is 48.5 Å². The third-order valence-electron chi connectivity index (χ3n) is 5.28. The molecule has 0 aliphatic carbocycles. The average Bonchev–Trinajstić information content (AvgIpc) is 2.96. The molecule has 1 aromatic heterocycles. The molecule has 2 amide bonds. The second-order valence-corrected chi connectivity index (χ2v) is 7.33. The fourth-order valence-electron chi connectivity index (χ4n) is 3.69. The summed E-state index contributed by atoms with van der Waals surface area (Å²) < 4.78 is 14.0. The largest absolute Gasteiger partial charge is 0.354 e. The Hall–Kier alpha value is -3.54. The minimum atomic E-state index is -0.362. The van der Waals surface area contributed by atoms with Crippen LogP contribution in [0.2, 0.25) is 0 Å². The Morgan fingerprint density at radius 3 is 2.57 bits per heavy atom. The van der Waals surface area contributed by atoms with E-state index in [2.05, 4.69) is 10.3 Å². The molecule has 0 spiro atoms. The van der Waals surface area contributed by atoms with Gasteiger partial charge in [0, 0.05) is 31.4 Å². The van der Waals surface area contributed by atoms with Gasteiger partial charge in [-0.2, -0.15) is 0 Å². The van der Waals surface area contributed by atoms with Crippen LogP contribution < -0.4 is 5.32 Å². The van der Waals surface area contributed by atoms with Gasteiger partial charge < -0.3 is 10.2 Å². The average molecular weight is 403 g/mol. The molecular weight excluding hydrogens is 381 g/mol. The van der Waals surface area contributed by atoms with Crippen LogP contribution in [0.1, 0.15) is 16.1 Å². The number of carbonyl (C=O) groups is 2. The highest BCUT2D eigenvalue weighted by atomic mass is 19.1. The Labute approximate surface area is 174 Å². The van der Waals surface area contributed by atoms with E-state index in [-0.39, 0.29) is 23.5 Å². The molecule has 2 heterocycles. The van der Waals surface area contributed by atoms with Crippen molar-refractivity contribution < 1.29 is 14.0 Å². The number of pyridine rings is 1. The van der Waals surface area contributed by atoms with Crippen LogP contribution >= 0.6 is 0 Å². The van der Waals surface area contributed by atoms with E-state index >= 15 is 0 Å². The summed E-state index contributed by atoms with van der Waals surface area (Å²) in [5, 5.41) is 2.89. The molecule has 1 saturated heterocycles. The van der Waals surface area contributed by atoms with E-state index in [1.807, 2.05) is 24.3 Å². The van der Waals surface area contributed by atoms with Crippen molar-refractivity contribution >= 4 is 11.8 Å². The lowest BCUT2D eigenvalue weighted by Crippen LogP contribution is -2.37. The summed E-state index contributed by atoms with van der Waals surface area (Å²) >= 11 is 0. The van der Waals surface area contributed by atoms with E-state index in [0.29, 0.717) is 37.3 Å². The first kappa shape index (κ1) is 19.8. The zero-order valence-electron chi connectivity index (χ0n) is 16.4. The standard InChI is InChI=1S/C24H22FN3O2/c25-21-6-2-1-5-20(21)18-10-8-17(9-11-18)15-19-16-28(14-13-27-23(19)29)24(30)22-7-3-4-12-26-22/h1-12,19H,13-16H2,(H,27,29). The molecule has 1 aliphatic rings. The first-order valence-electron chi connectivity index (χ1n) is 9.93. The van der Waals surface area contributed by atoms with Crippen molar-refractivity contribution in [1.29, 1.82) is 0 Å². The van der Waals surface area contributed by atoms with Crippen molar-refractivity contribution in [3.63, 3.8) is 0 Å². The summed E-state index contributed by atoms with van der Waals surface area (Å²) in [6, 6.07) is 19.4. The van der Waals surface area contributed by atoms with Gasteiger partial charge in [0.25, 0.3) is 5.91 Å². The molecule has 0 saturated carbocycles. The monoisotopic (exact) mass is 403 g/mol. The quantitative estimate of drug-likeness (QED) is 0.727. The number of nitrogens with zero attached hydrogens (tertiary/aromatic N) is 2. The minimum absolute atomic E-state index is 0.0653. The summed E-state index contributed by atoms with van der Waals surface area (Å²) in [5.74, 6) is -0.868. The summed E-state index contributed by atoms with van der Waals surface area (Å²) in [4.78, 5) is 31.1. The van der Waals surface area contributed by atoms with E-state index in [9.17, 15) is 14.0 Å². The van der Waals surface area contributed by atoms with Gasteiger partial charge in [-0.15, -0.1) is 0 Å². The lowest BCUT2D eigenvalue weighted by molar-refractivity contribution is -0.124. The summed E-state index contributed by atoms with van der Waals surface area (Å²) in [6.45, 7) is 1.19. The van der Waals surface area contributed by atoms with Crippen molar-refractivity contribution in [2.45, 2.75) is 6.42 Å². The third-order valence-corrected chi connectivity index (χ3v) is 5.28. The van der Waals surface area contributed by atoms with E-state index in [0.717, 1.165) is 11.1 Å². The lowest BCUT2D eigenvalue weighted by Gasteiger charge is -2.23. The second-order valence-electron chi connectivity index (χ2n) is 7.33. The van der Waals surface area contributed by atoms with Crippen molar-refractivity contribution in [2.75, 3.05) is 19.6 Å². The van der Waals surface area contributed by atoms with E-state index in [1.165, 1.54) is 6.07 Å². The number of benzene rings is 2. The minimum Gasteiger partial charge on any atom is -0.354 e. The number of hydrogen-bond donors (Lipinski definition) is 1. The van der Waals surface area contributed by atoms with Crippen LogP contribution in [0, 0.1) is 11.7 Å². The van der Waals surface area contributed by atoms with E-state index < -0.39 is 0 Å². The number of rotatable bonds is 4. The first-order valence-corrected chi connectivity index (χ1v) is 9.93. The zero-order valence-corrected chi connectivity index (χ0v) is 16.4. The highest BCUT2D eigenvalue weighted by Crippen LogP contribution is 2.24. The van der Waals surface area contributed by atoms with E-state index in [1.54, 1.807) is 47.5 Å². The van der Waals surface area contributed by atoms with Gasteiger partial charge >= 0.3 is 0 Å². The lowest BCUT2D eigenvalue weighted by atomic mass is 9.96. The number of hydrogen-bond acceptors (Lipinski definition) is 3. The molecule has 0 radical (unpaired) electrons. The molecule has 5 nitrogen and oxygen atoms in total. The molecule has 6 heteroatoms. The molecule has 1 atom stereocenters. The summed E-state index contributed by atoms with van der Waals surface area (Å²) in [7, 11) is 0. The van der Waals surface area contributed by atoms with Gasteiger partial charge in [-0.3, -0.25) is 14.6 Å². The van der Waals surface area contributed by atoms with Gasteiger partial charge in [0.2, 0.25) is 5.91 Å². The molecule has 4 rings (SSSR count). The van der Waals surface area contributed by atoms with Crippen molar-refractivity contribution in [3.8, 4) is 11.1 Å².